The molecular formula is C10H14N4O. The molecule has 1 heterocycles. The average molecular weight is 206 g/mol. The first-order chi connectivity index (χ1) is 6.97. The van der Waals surface area contributed by atoms with Crippen LogP contribution in [0.25, 0.3) is 11.0 Å². The summed E-state index contributed by atoms with van der Waals surface area (Å²) in [4.78, 5) is 0. The summed E-state index contributed by atoms with van der Waals surface area (Å²) in [5.74, 6) is 0. The maximum Gasteiger partial charge on any atom is 0.160 e. The quantitative estimate of drug-likeness (QED) is 0.698. The van der Waals surface area contributed by atoms with Crippen LogP contribution in [0.5, 0.6) is 0 Å². The van der Waals surface area contributed by atoms with Gasteiger partial charge in [-0.25, -0.2) is 4.63 Å². The number of rotatable bonds is 1. The maximum atomic E-state index is 5.74. The first-order valence-corrected chi connectivity index (χ1v) is 4.76. The standard InChI is InChI=1S/C10H14N4O/c1-10(2,3)12-7-5-4-6(11)8-9(7)14-15-13-8/h4-5,12H,11H2,1-3H3. The predicted octanol–water partition coefficient (Wildman–Crippen LogP) is 2.02. The van der Waals surface area contributed by atoms with Crippen LogP contribution < -0.4 is 11.1 Å². The van der Waals surface area contributed by atoms with Gasteiger partial charge in [0.15, 0.2) is 11.0 Å². The Balaban J connectivity index is 2.53. The van der Waals surface area contributed by atoms with Gasteiger partial charge in [0.25, 0.3) is 0 Å². The van der Waals surface area contributed by atoms with E-state index in [4.69, 9.17) is 5.73 Å². The zero-order valence-corrected chi connectivity index (χ0v) is 9.03. The second-order valence-electron chi connectivity index (χ2n) is 4.54. The van der Waals surface area contributed by atoms with E-state index in [9.17, 15) is 0 Å². The number of hydrogen-bond donors (Lipinski definition) is 2. The number of nitrogens with zero attached hydrogens (tertiary/aromatic N) is 2. The fourth-order valence-electron chi connectivity index (χ4n) is 1.39. The topological polar surface area (TPSA) is 77.0 Å². The van der Waals surface area contributed by atoms with E-state index in [0.717, 1.165) is 5.69 Å². The van der Waals surface area contributed by atoms with Crippen molar-refractivity contribution in [3.8, 4) is 0 Å². The van der Waals surface area contributed by atoms with Crippen molar-refractivity contribution >= 4 is 22.4 Å². The van der Waals surface area contributed by atoms with E-state index in [1.807, 2.05) is 6.07 Å². The lowest BCUT2D eigenvalue weighted by atomic mass is 10.1. The number of hydrogen-bond acceptors (Lipinski definition) is 5. The maximum absolute atomic E-state index is 5.74. The van der Waals surface area contributed by atoms with E-state index in [1.165, 1.54) is 0 Å². The lowest BCUT2D eigenvalue weighted by Gasteiger charge is -2.22. The largest absolute Gasteiger partial charge is 0.397 e. The van der Waals surface area contributed by atoms with Crippen molar-refractivity contribution in [3.05, 3.63) is 12.1 Å². The minimum absolute atomic E-state index is 0.0397. The van der Waals surface area contributed by atoms with Crippen LogP contribution in [0.4, 0.5) is 11.4 Å². The molecule has 0 bridgehead atoms. The molecule has 0 saturated heterocycles. The summed E-state index contributed by atoms with van der Waals surface area (Å²) in [6.45, 7) is 6.22. The zero-order valence-electron chi connectivity index (χ0n) is 9.03. The van der Waals surface area contributed by atoms with Gasteiger partial charge < -0.3 is 11.1 Å². The van der Waals surface area contributed by atoms with Crippen LogP contribution in [0.2, 0.25) is 0 Å². The van der Waals surface area contributed by atoms with Gasteiger partial charge in [0.2, 0.25) is 0 Å². The summed E-state index contributed by atoms with van der Waals surface area (Å²) in [5.41, 5.74) is 8.43. The van der Waals surface area contributed by atoms with Gasteiger partial charge in [-0.05, 0) is 43.2 Å². The number of fused-ring (bicyclic) bond motifs is 1. The smallest absolute Gasteiger partial charge is 0.160 e. The molecule has 0 aliphatic rings. The van der Waals surface area contributed by atoms with Gasteiger partial charge in [0.05, 0.1) is 11.4 Å². The van der Waals surface area contributed by atoms with Crippen molar-refractivity contribution in [1.29, 1.82) is 0 Å². The second kappa shape index (κ2) is 3.12. The molecule has 0 atom stereocenters. The van der Waals surface area contributed by atoms with E-state index in [2.05, 4.69) is 41.0 Å². The van der Waals surface area contributed by atoms with Crippen molar-refractivity contribution in [3.63, 3.8) is 0 Å². The van der Waals surface area contributed by atoms with Gasteiger partial charge in [-0.15, -0.1) is 0 Å². The summed E-state index contributed by atoms with van der Waals surface area (Å²) in [7, 11) is 0. The van der Waals surface area contributed by atoms with Crippen LogP contribution in [-0.4, -0.2) is 15.9 Å². The summed E-state index contributed by atoms with van der Waals surface area (Å²) in [6.07, 6.45) is 0. The van der Waals surface area contributed by atoms with Crippen LogP contribution >= 0.6 is 0 Å². The third-order valence-corrected chi connectivity index (χ3v) is 1.96. The van der Waals surface area contributed by atoms with E-state index in [1.54, 1.807) is 6.07 Å². The molecule has 5 heteroatoms. The molecule has 0 aliphatic carbocycles. The molecule has 2 aromatic rings. The van der Waals surface area contributed by atoms with Crippen LogP contribution in [0, 0.1) is 0 Å². The second-order valence-corrected chi connectivity index (χ2v) is 4.54. The molecule has 0 saturated carbocycles. The Hall–Kier alpha value is -1.78. The van der Waals surface area contributed by atoms with Crippen molar-refractivity contribution in [2.75, 3.05) is 11.1 Å². The molecule has 15 heavy (non-hydrogen) atoms. The molecule has 80 valence electrons. The Morgan fingerprint density at radius 3 is 2.53 bits per heavy atom. The van der Waals surface area contributed by atoms with E-state index in [0.29, 0.717) is 16.7 Å². The molecule has 0 amide bonds. The number of nitrogens with two attached hydrogens (primary N) is 1. The fourth-order valence-corrected chi connectivity index (χ4v) is 1.39. The highest BCUT2D eigenvalue weighted by molar-refractivity contribution is 5.95. The van der Waals surface area contributed by atoms with Crippen LogP contribution in [0.1, 0.15) is 20.8 Å². The molecular weight excluding hydrogens is 192 g/mol. The third kappa shape index (κ3) is 1.86. The third-order valence-electron chi connectivity index (χ3n) is 1.96. The summed E-state index contributed by atoms with van der Waals surface area (Å²) < 4.78 is 4.68. The molecule has 1 aromatic heterocycles. The van der Waals surface area contributed by atoms with Gasteiger partial charge in [-0.1, -0.05) is 0 Å². The first-order valence-electron chi connectivity index (χ1n) is 4.76. The van der Waals surface area contributed by atoms with Gasteiger partial charge in [0, 0.05) is 5.54 Å². The van der Waals surface area contributed by atoms with Crippen LogP contribution in [0.3, 0.4) is 0 Å². The molecule has 0 fully saturated rings. The molecule has 2 rings (SSSR count). The van der Waals surface area contributed by atoms with E-state index < -0.39 is 0 Å². The highest BCUT2D eigenvalue weighted by atomic mass is 16.6. The minimum atomic E-state index is -0.0397. The monoisotopic (exact) mass is 206 g/mol. The number of nitrogens with one attached hydrogen (secondary N) is 1. The van der Waals surface area contributed by atoms with Gasteiger partial charge in [-0.2, -0.15) is 0 Å². The number of nitrogen functional groups attached to an aromatic ring is 1. The Labute approximate surface area is 87.6 Å². The van der Waals surface area contributed by atoms with Crippen LogP contribution in [0.15, 0.2) is 16.8 Å². The first kappa shape index (κ1) is 9.76. The Bertz CT molecular complexity index is 484. The Morgan fingerprint density at radius 2 is 1.87 bits per heavy atom. The molecule has 0 spiro atoms. The van der Waals surface area contributed by atoms with Crippen molar-refractivity contribution < 1.29 is 4.63 Å². The molecule has 0 aliphatic heterocycles. The number of anilines is 2. The predicted molar refractivity (Wildman–Crippen MR) is 59.6 cm³/mol. The lowest BCUT2D eigenvalue weighted by molar-refractivity contribution is 0.315. The zero-order chi connectivity index (χ0) is 11.1. The SMILES string of the molecule is CC(C)(C)Nc1ccc(N)c2nonc12. The molecule has 1 aromatic carbocycles. The minimum Gasteiger partial charge on any atom is -0.397 e. The number of aromatic nitrogens is 2. The highest BCUT2D eigenvalue weighted by Gasteiger charge is 2.15. The Morgan fingerprint density at radius 1 is 1.20 bits per heavy atom. The fraction of sp³-hybridized carbons (Fsp3) is 0.400. The van der Waals surface area contributed by atoms with Gasteiger partial charge in [0.1, 0.15) is 0 Å². The summed E-state index contributed by atoms with van der Waals surface area (Å²) in [6, 6.07) is 3.67. The molecule has 0 radical (unpaired) electrons. The van der Waals surface area contributed by atoms with E-state index >= 15 is 0 Å². The van der Waals surface area contributed by atoms with Crippen molar-refractivity contribution in [2.24, 2.45) is 0 Å². The van der Waals surface area contributed by atoms with Gasteiger partial charge in [-0.3, -0.25) is 0 Å². The van der Waals surface area contributed by atoms with Crippen molar-refractivity contribution in [1.82, 2.24) is 10.3 Å². The Kier molecular flexibility index (Phi) is 2.03. The summed E-state index contributed by atoms with van der Waals surface area (Å²) in [5, 5.41) is 10.9. The van der Waals surface area contributed by atoms with Crippen LogP contribution in [-0.2, 0) is 0 Å². The van der Waals surface area contributed by atoms with E-state index in [-0.39, 0.29) is 5.54 Å². The molecule has 0 unspecified atom stereocenters. The normalized spacial score (nSPS) is 11.9. The summed E-state index contributed by atoms with van der Waals surface area (Å²) >= 11 is 0. The molecule has 3 N–H and O–H groups in total. The van der Waals surface area contributed by atoms with Crippen molar-refractivity contribution in [2.45, 2.75) is 26.3 Å². The average Bonchev–Trinajstić information content (AvgIpc) is 2.57. The highest BCUT2D eigenvalue weighted by Crippen LogP contribution is 2.27. The van der Waals surface area contributed by atoms with Gasteiger partial charge >= 0.3 is 0 Å². The molecule has 5 nitrogen and oxygen atoms in total. The lowest BCUT2D eigenvalue weighted by Crippen LogP contribution is -2.26. The number of benzene rings is 1.